The second-order valence-electron chi connectivity index (χ2n) is 11.4. The Labute approximate surface area is 249 Å². The third-order valence-electron chi connectivity index (χ3n) is 7.97. The minimum absolute atomic E-state index is 0.966. The average molecular weight is 583 g/mol. The van der Waals surface area contributed by atoms with Gasteiger partial charge in [0.25, 0.3) is 0 Å². The number of aromatic nitrogens is 4. The summed E-state index contributed by atoms with van der Waals surface area (Å²) in [6.45, 7) is 13.1. The smallest absolute Gasteiger partial charge is 0.0925 e. The normalized spacial score (nSPS) is 12.7. The molecule has 42 heavy (non-hydrogen) atoms. The molecule has 4 nitrogen and oxygen atoms in total. The van der Waals surface area contributed by atoms with E-state index in [-0.39, 0.29) is 0 Å². The zero-order valence-electron chi connectivity index (χ0n) is 24.7. The second kappa shape index (κ2) is 10.3. The van der Waals surface area contributed by atoms with Gasteiger partial charge in [-0.2, -0.15) is 0 Å². The lowest BCUT2D eigenvalue weighted by atomic mass is 9.92. The molecule has 206 valence electrons. The van der Waals surface area contributed by atoms with Crippen molar-refractivity contribution in [3.8, 4) is 22.3 Å². The Morgan fingerprint density at radius 3 is 1.31 bits per heavy atom. The molecule has 8 bridgehead atoms. The van der Waals surface area contributed by atoms with Crippen LogP contribution < -0.4 is 0 Å². The summed E-state index contributed by atoms with van der Waals surface area (Å²) in [6.07, 6.45) is 8.59. The van der Waals surface area contributed by atoms with Crippen LogP contribution in [0, 0.1) is 41.5 Å². The Balaban J connectivity index is 1.59. The fraction of sp³-hybridized carbons (Fsp3) is 0.167. The van der Waals surface area contributed by atoms with Crippen molar-refractivity contribution in [1.82, 2.24) is 19.9 Å². The van der Waals surface area contributed by atoms with Crippen LogP contribution in [-0.4, -0.2) is 19.9 Å². The molecule has 2 N–H and O–H groups in total. The summed E-state index contributed by atoms with van der Waals surface area (Å²) in [5.41, 5.74) is 18.5. The molecule has 0 fully saturated rings. The minimum atomic E-state index is 0.966. The molecule has 3 aromatic heterocycles. The number of aryl methyl sites for hydroxylation is 6. The molecule has 0 saturated carbocycles. The van der Waals surface area contributed by atoms with Crippen LogP contribution in [0.25, 0.3) is 68.1 Å². The highest BCUT2D eigenvalue weighted by Crippen LogP contribution is 2.39. The van der Waals surface area contributed by atoms with Crippen LogP contribution in [0.15, 0.2) is 48.5 Å². The van der Waals surface area contributed by atoms with Crippen LogP contribution in [0.5, 0.6) is 0 Å². The minimum Gasteiger partial charge on any atom is -0.351 e. The quantitative estimate of drug-likeness (QED) is 0.213. The van der Waals surface area contributed by atoms with Crippen molar-refractivity contribution < 1.29 is 0 Å². The zero-order chi connectivity index (χ0) is 29.1. The van der Waals surface area contributed by atoms with Crippen molar-refractivity contribution in [2.75, 3.05) is 0 Å². The van der Waals surface area contributed by atoms with Gasteiger partial charge in [-0.25, -0.2) is 9.97 Å². The van der Waals surface area contributed by atoms with Crippen molar-refractivity contribution in [1.29, 1.82) is 0 Å². The van der Waals surface area contributed by atoms with E-state index in [1.165, 1.54) is 50.1 Å². The standard InChI is InChI=1S/C36H32N4P2/c1-19-15-21(3)33(22(4)16-19)35-25-7-11-29(37-25)41-31-13-9-27(39-31)36(34-23(5)17-20(2)18-24(34)6)28-10-14-32(40-28)42-30-12-8-26(35)38-30/h7-18,37-38H,1-6H3. The molecular formula is C36H32N4P2. The highest BCUT2D eigenvalue weighted by Gasteiger charge is 2.18. The molecule has 0 unspecified atom stereocenters. The van der Waals surface area contributed by atoms with Crippen LogP contribution in [-0.2, 0) is 0 Å². The first-order valence-corrected chi connectivity index (χ1v) is 16.0. The molecule has 2 aliphatic heterocycles. The largest absolute Gasteiger partial charge is 0.351 e. The molecule has 0 spiro atoms. The maximum Gasteiger partial charge on any atom is 0.0925 e. The van der Waals surface area contributed by atoms with E-state index < -0.39 is 0 Å². The van der Waals surface area contributed by atoms with Crippen LogP contribution in [0.1, 0.15) is 55.6 Å². The molecule has 0 radical (unpaired) electrons. The maximum atomic E-state index is 5.17. The first-order chi connectivity index (χ1) is 20.2. The van der Waals surface area contributed by atoms with Crippen LogP contribution in [0.4, 0.5) is 0 Å². The van der Waals surface area contributed by atoms with Gasteiger partial charge in [0.15, 0.2) is 0 Å². The van der Waals surface area contributed by atoms with E-state index in [1.807, 2.05) is 0 Å². The van der Waals surface area contributed by atoms with Crippen molar-refractivity contribution in [3.05, 3.63) is 104 Å². The van der Waals surface area contributed by atoms with E-state index in [2.05, 4.69) is 124 Å². The Morgan fingerprint density at radius 1 is 0.476 bits per heavy atom. The summed E-state index contributed by atoms with van der Waals surface area (Å²) in [5.74, 6) is 0. The van der Waals surface area contributed by atoms with Gasteiger partial charge in [0.2, 0.25) is 0 Å². The lowest BCUT2D eigenvalue weighted by Gasteiger charge is -2.13. The van der Waals surface area contributed by atoms with Gasteiger partial charge in [0, 0.05) is 22.2 Å². The van der Waals surface area contributed by atoms with Gasteiger partial charge in [0.05, 0.1) is 32.7 Å². The molecule has 2 aromatic carbocycles. The first-order valence-electron chi connectivity index (χ1n) is 14.2. The van der Waals surface area contributed by atoms with Crippen molar-refractivity contribution in [2.45, 2.75) is 41.5 Å². The summed E-state index contributed by atoms with van der Waals surface area (Å²) >= 11 is 0. The number of fused-ring (bicyclic) bond motifs is 8. The van der Waals surface area contributed by atoms with Crippen molar-refractivity contribution in [2.24, 2.45) is 0 Å². The van der Waals surface area contributed by atoms with E-state index in [9.17, 15) is 0 Å². The van der Waals surface area contributed by atoms with Gasteiger partial charge in [-0.3, -0.25) is 0 Å². The van der Waals surface area contributed by atoms with Crippen LogP contribution in [0.2, 0.25) is 0 Å². The monoisotopic (exact) mass is 582 g/mol. The van der Waals surface area contributed by atoms with Gasteiger partial charge in [-0.15, -0.1) is 0 Å². The summed E-state index contributed by atoms with van der Waals surface area (Å²) in [4.78, 5) is 17.8. The first kappa shape index (κ1) is 26.8. The lowest BCUT2D eigenvalue weighted by Crippen LogP contribution is -1.95. The maximum absolute atomic E-state index is 5.17. The SMILES string of the molecule is Cc1cc(C)c(-c2c3nc(pc4ccc([nH]4)c(-c4c(C)cc(C)cc4C)c4ccc([nH]4)pc4nc2C=C4)C=C3)c(C)c1. The molecule has 5 heterocycles. The number of aromatic amines is 2. The predicted octanol–water partition coefficient (Wildman–Crippen LogP) is 11.0. The predicted molar refractivity (Wildman–Crippen MR) is 183 cm³/mol. The molecule has 0 saturated heterocycles. The fourth-order valence-electron chi connectivity index (χ4n) is 6.49. The van der Waals surface area contributed by atoms with Gasteiger partial charge in [-0.05, 0) is 140 Å². The van der Waals surface area contributed by atoms with Crippen molar-refractivity contribution in [3.63, 3.8) is 0 Å². The molecular weight excluding hydrogens is 550 g/mol. The van der Waals surface area contributed by atoms with Gasteiger partial charge >= 0.3 is 0 Å². The average Bonchev–Trinajstić information content (AvgIpc) is 3.73. The Hall–Kier alpha value is -4.10. The molecule has 2 aliphatic rings. The Kier molecular flexibility index (Phi) is 6.58. The highest BCUT2D eigenvalue weighted by molar-refractivity contribution is 7.37. The number of nitrogens with one attached hydrogen (secondary N) is 2. The number of nitrogens with zero attached hydrogens (tertiary/aromatic N) is 2. The zero-order valence-corrected chi connectivity index (χ0v) is 26.5. The summed E-state index contributed by atoms with van der Waals surface area (Å²) < 4.78 is 0. The summed E-state index contributed by atoms with van der Waals surface area (Å²) in [6, 6.07) is 17.8. The van der Waals surface area contributed by atoms with Gasteiger partial charge in [0.1, 0.15) is 0 Å². The number of benzene rings is 2. The summed E-state index contributed by atoms with van der Waals surface area (Å²) in [7, 11) is 2.08. The van der Waals surface area contributed by atoms with E-state index in [4.69, 9.17) is 9.97 Å². The van der Waals surface area contributed by atoms with Gasteiger partial charge < -0.3 is 9.97 Å². The van der Waals surface area contributed by atoms with E-state index in [0.29, 0.717) is 0 Å². The molecule has 5 aromatic rings. The van der Waals surface area contributed by atoms with Crippen molar-refractivity contribution >= 4 is 62.2 Å². The molecule has 6 heteroatoms. The number of hydrogen-bond donors (Lipinski definition) is 2. The highest BCUT2D eigenvalue weighted by atomic mass is 31.0. The Bertz CT molecular complexity index is 2020. The second-order valence-corrected chi connectivity index (χ2v) is 13.7. The molecule has 0 aliphatic carbocycles. The van der Waals surface area contributed by atoms with Crippen LogP contribution in [0.3, 0.4) is 0 Å². The van der Waals surface area contributed by atoms with Gasteiger partial charge in [-0.1, -0.05) is 35.4 Å². The fourth-order valence-corrected chi connectivity index (χ4v) is 8.25. The third-order valence-corrected chi connectivity index (χ3v) is 9.93. The third kappa shape index (κ3) is 4.75. The lowest BCUT2D eigenvalue weighted by molar-refractivity contribution is 1.27. The number of H-pyrrole nitrogens is 2. The molecule has 0 amide bonds. The van der Waals surface area contributed by atoms with Crippen LogP contribution >= 0.6 is 16.4 Å². The Morgan fingerprint density at radius 2 is 0.881 bits per heavy atom. The van der Waals surface area contributed by atoms with E-state index >= 15 is 0 Å². The molecule has 7 rings (SSSR count). The molecule has 0 atom stereocenters. The topological polar surface area (TPSA) is 57.4 Å². The number of hydrogen-bond acceptors (Lipinski definition) is 2. The summed E-state index contributed by atoms with van der Waals surface area (Å²) in [5, 5.41) is 2.23. The van der Waals surface area contributed by atoms with E-state index in [0.717, 1.165) is 65.7 Å². The number of rotatable bonds is 2. The van der Waals surface area contributed by atoms with E-state index in [1.54, 1.807) is 0 Å².